The molecule has 0 unspecified atom stereocenters. The minimum Gasteiger partial charge on any atom is -0.321 e. The van der Waals surface area contributed by atoms with E-state index in [9.17, 15) is 13.2 Å². The molecule has 0 aliphatic carbocycles. The van der Waals surface area contributed by atoms with E-state index in [0.29, 0.717) is 29.3 Å². The van der Waals surface area contributed by atoms with Gasteiger partial charge in [-0.25, -0.2) is 13.4 Å². The quantitative estimate of drug-likeness (QED) is 0.521. The Labute approximate surface area is 183 Å². The van der Waals surface area contributed by atoms with Gasteiger partial charge >= 0.3 is 0 Å². The van der Waals surface area contributed by atoms with Crippen LogP contribution in [0.15, 0.2) is 39.9 Å². The highest BCUT2D eigenvalue weighted by atomic mass is 35.5. The first-order valence-electron chi connectivity index (χ1n) is 8.89. The Balaban J connectivity index is 1.89. The van der Waals surface area contributed by atoms with Crippen LogP contribution in [-0.2, 0) is 10.0 Å². The van der Waals surface area contributed by atoms with Gasteiger partial charge in [-0.1, -0.05) is 25.4 Å². The van der Waals surface area contributed by atoms with Crippen molar-refractivity contribution >= 4 is 55.9 Å². The van der Waals surface area contributed by atoms with Crippen molar-refractivity contribution in [1.82, 2.24) is 9.29 Å². The number of hydrogen-bond acceptors (Lipinski definition) is 6. The van der Waals surface area contributed by atoms with Crippen molar-refractivity contribution in [3.63, 3.8) is 0 Å². The number of aryl methyl sites for hydroxylation is 1. The molecule has 0 saturated carbocycles. The van der Waals surface area contributed by atoms with Crippen LogP contribution >= 0.6 is 34.3 Å². The third-order valence-corrected chi connectivity index (χ3v) is 8.70. The van der Waals surface area contributed by atoms with Gasteiger partial charge in [-0.05, 0) is 36.6 Å². The Hall–Kier alpha value is -1.78. The summed E-state index contributed by atoms with van der Waals surface area (Å²) in [6, 6.07) is 6.40. The Bertz CT molecular complexity index is 1120. The highest BCUT2D eigenvalue weighted by molar-refractivity contribution is 7.89. The lowest BCUT2D eigenvalue weighted by atomic mass is 10.3. The lowest BCUT2D eigenvalue weighted by Crippen LogP contribution is -2.30. The van der Waals surface area contributed by atoms with E-state index in [0.717, 1.165) is 10.6 Å². The van der Waals surface area contributed by atoms with Crippen molar-refractivity contribution in [1.29, 1.82) is 0 Å². The summed E-state index contributed by atoms with van der Waals surface area (Å²) in [5.74, 6) is -0.338. The van der Waals surface area contributed by atoms with Gasteiger partial charge in [0.2, 0.25) is 10.0 Å². The summed E-state index contributed by atoms with van der Waals surface area (Å²) in [5.41, 5.74) is 1.95. The van der Waals surface area contributed by atoms with Crippen molar-refractivity contribution in [3.05, 3.63) is 50.6 Å². The van der Waals surface area contributed by atoms with Crippen LogP contribution in [0.5, 0.6) is 0 Å². The molecule has 0 radical (unpaired) electrons. The number of carbonyl (C=O) groups excluding carboxylic acids is 1. The fourth-order valence-corrected chi connectivity index (χ4v) is 6.42. The fraction of sp³-hybridized carbons (Fsp3) is 0.263. The number of nitrogens with zero attached hydrogens (tertiary/aromatic N) is 2. The van der Waals surface area contributed by atoms with Crippen molar-refractivity contribution in [2.24, 2.45) is 0 Å². The maximum atomic E-state index is 12.8. The molecule has 10 heteroatoms. The summed E-state index contributed by atoms with van der Waals surface area (Å²) in [6.07, 6.45) is 0. The molecule has 1 N–H and O–H groups in total. The lowest BCUT2D eigenvalue weighted by Gasteiger charge is -2.19. The van der Waals surface area contributed by atoms with Crippen molar-refractivity contribution in [2.75, 3.05) is 18.4 Å². The van der Waals surface area contributed by atoms with Gasteiger partial charge in [-0.3, -0.25) is 4.79 Å². The Morgan fingerprint density at radius 3 is 2.59 bits per heavy atom. The molecule has 0 atom stereocenters. The van der Waals surface area contributed by atoms with Gasteiger partial charge in [0.05, 0.1) is 10.7 Å². The third kappa shape index (κ3) is 4.54. The number of aromatic nitrogens is 1. The maximum absolute atomic E-state index is 12.8. The first-order valence-corrected chi connectivity index (χ1v) is 12.5. The minimum atomic E-state index is -3.75. The first kappa shape index (κ1) is 21.9. The molecule has 0 saturated heterocycles. The van der Waals surface area contributed by atoms with E-state index in [1.165, 1.54) is 27.8 Å². The van der Waals surface area contributed by atoms with E-state index in [4.69, 9.17) is 11.6 Å². The van der Waals surface area contributed by atoms with Crippen LogP contribution in [0.4, 0.5) is 5.69 Å². The molecule has 0 aliphatic rings. The normalized spacial score (nSPS) is 11.8. The number of sulfonamides is 1. The van der Waals surface area contributed by atoms with Gasteiger partial charge in [0, 0.05) is 29.7 Å². The van der Waals surface area contributed by atoms with E-state index in [1.807, 2.05) is 16.8 Å². The number of carbonyl (C=O) groups is 1. The van der Waals surface area contributed by atoms with Crippen molar-refractivity contribution < 1.29 is 13.2 Å². The largest absolute Gasteiger partial charge is 0.321 e. The molecule has 2 heterocycles. The molecule has 0 fully saturated rings. The zero-order valence-corrected chi connectivity index (χ0v) is 19.3. The van der Waals surface area contributed by atoms with Crippen molar-refractivity contribution in [2.45, 2.75) is 25.7 Å². The number of thiophene rings is 1. The van der Waals surface area contributed by atoms with Gasteiger partial charge in [-0.2, -0.15) is 15.6 Å². The summed E-state index contributed by atoms with van der Waals surface area (Å²) in [6.45, 7) is 5.96. The molecule has 0 bridgehead atoms. The van der Waals surface area contributed by atoms with Crippen molar-refractivity contribution in [3.8, 4) is 10.6 Å². The van der Waals surface area contributed by atoms with E-state index < -0.39 is 10.0 Å². The molecule has 154 valence electrons. The second-order valence-electron chi connectivity index (χ2n) is 6.13. The number of benzene rings is 1. The van der Waals surface area contributed by atoms with Gasteiger partial charge in [0.25, 0.3) is 5.91 Å². The molecule has 0 spiro atoms. The molecule has 6 nitrogen and oxygen atoms in total. The molecule has 1 amide bonds. The predicted octanol–water partition coefficient (Wildman–Crippen LogP) is 5.12. The Morgan fingerprint density at radius 2 is 1.97 bits per heavy atom. The number of rotatable bonds is 7. The first-order chi connectivity index (χ1) is 13.8. The van der Waals surface area contributed by atoms with Gasteiger partial charge in [0.1, 0.15) is 14.8 Å². The number of anilines is 1. The second kappa shape index (κ2) is 8.93. The standard InChI is InChI=1S/C19H20ClN3O3S3/c1-4-23(5-2)29(25,26)16-10-14(6-7-15(16)20)22-18(24)17-12(3)21-19(28-17)13-8-9-27-11-13/h6-11H,4-5H2,1-3H3,(H,22,24). The van der Waals surface area contributed by atoms with E-state index in [1.54, 1.807) is 38.2 Å². The zero-order valence-electron chi connectivity index (χ0n) is 16.1. The molecular formula is C19H20ClN3O3S3. The molecule has 1 aromatic carbocycles. The molecule has 2 aromatic heterocycles. The molecule has 3 aromatic rings. The molecular weight excluding hydrogens is 450 g/mol. The van der Waals surface area contributed by atoms with E-state index >= 15 is 0 Å². The van der Waals surface area contributed by atoms with Crippen LogP contribution in [0.25, 0.3) is 10.6 Å². The monoisotopic (exact) mass is 469 g/mol. The SMILES string of the molecule is CCN(CC)S(=O)(=O)c1cc(NC(=O)c2sc(-c3ccsc3)nc2C)ccc1Cl. The molecule has 0 aliphatic heterocycles. The van der Waals surface area contributed by atoms with Crippen LogP contribution in [0.3, 0.4) is 0 Å². The smallest absolute Gasteiger partial charge is 0.267 e. The molecule has 29 heavy (non-hydrogen) atoms. The zero-order chi connectivity index (χ0) is 21.2. The van der Waals surface area contributed by atoms with Gasteiger partial charge < -0.3 is 5.32 Å². The van der Waals surface area contributed by atoms with Crippen LogP contribution in [-0.4, -0.2) is 36.7 Å². The number of thiazole rings is 1. The highest BCUT2D eigenvalue weighted by Crippen LogP contribution is 2.31. The minimum absolute atomic E-state index is 0.0272. The van der Waals surface area contributed by atoms with Crippen LogP contribution in [0.2, 0.25) is 5.02 Å². The number of hydrogen-bond donors (Lipinski definition) is 1. The summed E-state index contributed by atoms with van der Waals surface area (Å²) in [5, 5.41) is 7.58. The Kier molecular flexibility index (Phi) is 6.75. The van der Waals surface area contributed by atoms with Gasteiger partial charge in [-0.15, -0.1) is 11.3 Å². The van der Waals surface area contributed by atoms with E-state index in [-0.39, 0.29) is 15.8 Å². The van der Waals surface area contributed by atoms with E-state index in [2.05, 4.69) is 10.3 Å². The summed E-state index contributed by atoms with van der Waals surface area (Å²) in [7, 11) is -3.75. The summed E-state index contributed by atoms with van der Waals surface area (Å²) < 4.78 is 27.0. The fourth-order valence-electron chi connectivity index (χ4n) is 2.79. The summed E-state index contributed by atoms with van der Waals surface area (Å²) in [4.78, 5) is 17.7. The second-order valence-corrected chi connectivity index (χ2v) is 10.2. The topological polar surface area (TPSA) is 79.4 Å². The number of amides is 1. The van der Waals surface area contributed by atoms with Crippen LogP contribution < -0.4 is 5.32 Å². The number of halogens is 1. The van der Waals surface area contributed by atoms with Crippen LogP contribution in [0.1, 0.15) is 29.2 Å². The Morgan fingerprint density at radius 1 is 1.24 bits per heavy atom. The number of nitrogens with one attached hydrogen (secondary N) is 1. The summed E-state index contributed by atoms with van der Waals surface area (Å²) >= 11 is 9.02. The lowest BCUT2D eigenvalue weighted by molar-refractivity contribution is 0.102. The maximum Gasteiger partial charge on any atom is 0.267 e. The average molecular weight is 470 g/mol. The predicted molar refractivity (Wildman–Crippen MR) is 120 cm³/mol. The van der Waals surface area contributed by atoms with Crippen LogP contribution in [0, 0.1) is 6.92 Å². The van der Waals surface area contributed by atoms with Gasteiger partial charge in [0.15, 0.2) is 0 Å². The highest BCUT2D eigenvalue weighted by Gasteiger charge is 2.25. The molecule has 3 rings (SSSR count). The average Bonchev–Trinajstić information content (AvgIpc) is 3.33. The third-order valence-electron chi connectivity index (χ3n) is 4.28.